The van der Waals surface area contributed by atoms with Gasteiger partial charge in [-0.2, -0.15) is 0 Å². The van der Waals surface area contributed by atoms with Crippen molar-refractivity contribution in [2.75, 3.05) is 26.2 Å². The van der Waals surface area contributed by atoms with Crippen LogP contribution >= 0.6 is 0 Å². The molecule has 1 aliphatic rings. The minimum absolute atomic E-state index is 0.0852. The summed E-state index contributed by atoms with van der Waals surface area (Å²) in [5, 5.41) is 28.4. The topological polar surface area (TPSA) is 352 Å². The maximum atomic E-state index is 14.1. The number of aliphatic hydroxyl groups is 1. The van der Waals surface area contributed by atoms with E-state index in [1.165, 1.54) is 11.8 Å². The number of hydrogen-bond donors (Lipinski definition) is 11. The molecule has 0 aromatic carbocycles. The van der Waals surface area contributed by atoms with Crippen LogP contribution in [0.5, 0.6) is 0 Å². The SMILES string of the molecule is CCNC(=O)[C@@H]1CCCN1C(=O)[C@H](CCCN=C(N)N)NC(=O)[C@@H](NC(=O)[C@H](CCC(N)=O)NC(=O)[C@H](CO)NC(=O)[C@@H](NC(=O)[C@@H](NC(C)=O)C(C)C)C(C)CC)[C@@H](C)CC. The van der Waals surface area contributed by atoms with Crippen molar-refractivity contribution in [2.24, 2.45) is 39.9 Å². The molecule has 0 saturated carbocycles. The van der Waals surface area contributed by atoms with E-state index in [4.69, 9.17) is 17.2 Å². The highest BCUT2D eigenvalue weighted by Gasteiger charge is 2.40. The third-order valence-electron chi connectivity index (χ3n) is 10.8. The van der Waals surface area contributed by atoms with E-state index >= 15 is 0 Å². The molecule has 1 unspecified atom stereocenters. The highest BCUT2D eigenvalue weighted by atomic mass is 16.3. The summed E-state index contributed by atoms with van der Waals surface area (Å²) in [6.45, 7) is 13.2. The Morgan fingerprint density at radius 2 is 1.21 bits per heavy atom. The molecule has 1 saturated heterocycles. The van der Waals surface area contributed by atoms with Crippen LogP contribution in [0.25, 0.3) is 0 Å². The molecule has 14 N–H and O–H groups in total. The predicted molar refractivity (Wildman–Crippen MR) is 230 cm³/mol. The Bertz CT molecular complexity index is 1590. The van der Waals surface area contributed by atoms with Gasteiger partial charge < -0.3 is 64.4 Å². The van der Waals surface area contributed by atoms with E-state index in [2.05, 4.69) is 42.2 Å². The Balaban J connectivity index is 3.38. The Labute approximate surface area is 364 Å². The standard InChI is InChI=1S/C40H72N12O10/c1-9-22(6)31(37(60)48-26(14-12-18-45-40(42)43)39(62)52-19-13-15-28(52)35(58)44-11-3)50-33(56)25(16-17-29(41)55)47-34(57)27(20-53)49-38(61)32(23(7)10-2)51-36(59)30(21(4)5)46-24(8)54/h21-23,25-28,30-32,53H,9-20H2,1-8H3,(H2,41,55)(H,44,58)(H,46,54)(H,47,57)(H,48,60)(H,49,61)(H,50,56)(H,51,59)(H4,42,43,45)/t22-,23?,25-,26-,27-,28-,30-,31-,32-/m0/s1. The first kappa shape index (κ1) is 54.5. The van der Waals surface area contributed by atoms with Crippen LogP contribution in [-0.4, -0.2) is 138 Å². The van der Waals surface area contributed by atoms with Gasteiger partial charge in [-0.3, -0.25) is 48.1 Å². The van der Waals surface area contributed by atoms with Gasteiger partial charge in [0.05, 0.1) is 6.61 Å². The first-order valence-corrected chi connectivity index (χ1v) is 21.4. The number of likely N-dealkylation sites (N-methyl/N-ethyl adjacent to an activating group) is 1. The second-order valence-electron chi connectivity index (χ2n) is 16.1. The normalized spacial score (nSPS) is 17.4. The Kier molecular flexibility index (Phi) is 24.1. The van der Waals surface area contributed by atoms with Gasteiger partial charge in [-0.1, -0.05) is 54.4 Å². The fraction of sp³-hybridized carbons (Fsp3) is 0.750. The van der Waals surface area contributed by atoms with Crippen molar-refractivity contribution in [3.05, 3.63) is 0 Å². The molecule has 0 aromatic heterocycles. The number of aliphatic imine (C=N–C) groups is 1. The molecule has 22 nitrogen and oxygen atoms in total. The first-order chi connectivity index (χ1) is 29.1. The van der Waals surface area contributed by atoms with Crippen LogP contribution in [0.1, 0.15) is 107 Å². The zero-order chi connectivity index (χ0) is 47.3. The van der Waals surface area contributed by atoms with Gasteiger partial charge in [-0.15, -0.1) is 0 Å². The fourth-order valence-corrected chi connectivity index (χ4v) is 6.76. The number of amides is 9. The van der Waals surface area contributed by atoms with Gasteiger partial charge in [0.2, 0.25) is 53.2 Å². The minimum Gasteiger partial charge on any atom is -0.394 e. The quantitative estimate of drug-likeness (QED) is 0.0225. The van der Waals surface area contributed by atoms with E-state index in [9.17, 15) is 48.3 Å². The molecule has 1 fully saturated rings. The highest BCUT2D eigenvalue weighted by molar-refractivity contribution is 5.98. The van der Waals surface area contributed by atoms with E-state index in [-0.39, 0.29) is 56.6 Å². The Morgan fingerprint density at radius 3 is 1.69 bits per heavy atom. The summed E-state index contributed by atoms with van der Waals surface area (Å²) in [5.74, 6) is -7.69. The van der Waals surface area contributed by atoms with Crippen LogP contribution in [-0.2, 0) is 43.2 Å². The van der Waals surface area contributed by atoms with Gasteiger partial charge in [0.15, 0.2) is 5.96 Å². The van der Waals surface area contributed by atoms with Crippen LogP contribution < -0.4 is 54.4 Å². The Morgan fingerprint density at radius 1 is 0.694 bits per heavy atom. The highest BCUT2D eigenvalue weighted by Crippen LogP contribution is 2.20. The van der Waals surface area contributed by atoms with Crippen LogP contribution in [0.2, 0.25) is 0 Å². The maximum Gasteiger partial charge on any atom is 0.245 e. The largest absolute Gasteiger partial charge is 0.394 e. The van der Waals surface area contributed by atoms with Crippen molar-refractivity contribution in [2.45, 2.75) is 149 Å². The molecular weight excluding hydrogens is 809 g/mol. The van der Waals surface area contributed by atoms with Crippen molar-refractivity contribution in [1.29, 1.82) is 0 Å². The molecule has 62 heavy (non-hydrogen) atoms. The third kappa shape index (κ3) is 17.8. The lowest BCUT2D eigenvalue weighted by Gasteiger charge is -2.31. The van der Waals surface area contributed by atoms with Crippen molar-refractivity contribution in [3.8, 4) is 0 Å². The van der Waals surface area contributed by atoms with E-state index in [1.807, 2.05) is 0 Å². The number of nitrogens with one attached hydrogen (secondary N) is 7. The first-order valence-electron chi connectivity index (χ1n) is 21.4. The molecule has 352 valence electrons. The van der Waals surface area contributed by atoms with Gasteiger partial charge >= 0.3 is 0 Å². The maximum absolute atomic E-state index is 14.1. The summed E-state index contributed by atoms with van der Waals surface area (Å²) in [7, 11) is 0. The van der Waals surface area contributed by atoms with Crippen LogP contribution in [0.4, 0.5) is 0 Å². The number of nitrogens with two attached hydrogens (primary N) is 3. The summed E-state index contributed by atoms with van der Waals surface area (Å²) >= 11 is 0. The smallest absolute Gasteiger partial charge is 0.245 e. The number of nitrogens with zero attached hydrogens (tertiary/aromatic N) is 2. The summed E-state index contributed by atoms with van der Waals surface area (Å²) in [5.41, 5.74) is 16.3. The number of hydrogen-bond acceptors (Lipinski definition) is 11. The number of primary amides is 1. The van der Waals surface area contributed by atoms with E-state index in [1.54, 1.807) is 48.5 Å². The molecule has 1 heterocycles. The van der Waals surface area contributed by atoms with Gasteiger partial charge in [0.25, 0.3) is 0 Å². The molecule has 1 aliphatic heterocycles. The molecule has 1 rings (SSSR count). The van der Waals surface area contributed by atoms with Crippen molar-refractivity contribution in [1.82, 2.24) is 42.1 Å². The third-order valence-corrected chi connectivity index (χ3v) is 10.8. The molecule has 0 bridgehead atoms. The Hall–Kier alpha value is -5.54. The average Bonchev–Trinajstić information content (AvgIpc) is 3.71. The monoisotopic (exact) mass is 881 g/mol. The molecule has 22 heteroatoms. The lowest BCUT2D eigenvalue weighted by atomic mass is 9.96. The number of carbonyl (C=O) groups excluding carboxylic acids is 9. The molecular formula is C40H72N12O10. The number of carbonyl (C=O) groups is 9. The molecule has 0 radical (unpaired) electrons. The predicted octanol–water partition coefficient (Wildman–Crippen LogP) is -2.90. The lowest BCUT2D eigenvalue weighted by Crippen LogP contribution is -2.62. The fourth-order valence-electron chi connectivity index (χ4n) is 6.76. The summed E-state index contributed by atoms with van der Waals surface area (Å²) in [6, 6.07) is -8.45. The van der Waals surface area contributed by atoms with Gasteiger partial charge in [0.1, 0.15) is 42.3 Å². The van der Waals surface area contributed by atoms with Gasteiger partial charge in [-0.05, 0) is 56.8 Å². The molecule has 9 atom stereocenters. The minimum atomic E-state index is -1.64. The van der Waals surface area contributed by atoms with Gasteiger partial charge in [0, 0.05) is 33.0 Å². The average molecular weight is 881 g/mol. The van der Waals surface area contributed by atoms with Crippen LogP contribution in [0, 0.1) is 17.8 Å². The summed E-state index contributed by atoms with van der Waals surface area (Å²) in [4.78, 5) is 124. The van der Waals surface area contributed by atoms with Crippen molar-refractivity contribution >= 4 is 59.1 Å². The summed E-state index contributed by atoms with van der Waals surface area (Å²) < 4.78 is 0. The molecule has 9 amide bonds. The second kappa shape index (κ2) is 27.4. The van der Waals surface area contributed by atoms with Crippen LogP contribution in [0.3, 0.4) is 0 Å². The number of aliphatic hydroxyl groups excluding tert-OH is 1. The number of rotatable bonds is 27. The van der Waals surface area contributed by atoms with Crippen molar-refractivity contribution < 1.29 is 48.3 Å². The van der Waals surface area contributed by atoms with Crippen LogP contribution in [0.15, 0.2) is 4.99 Å². The second-order valence-corrected chi connectivity index (χ2v) is 16.1. The molecule has 0 spiro atoms. The lowest BCUT2D eigenvalue weighted by molar-refractivity contribution is -0.142. The van der Waals surface area contributed by atoms with E-state index in [0.717, 1.165) is 0 Å². The van der Waals surface area contributed by atoms with Gasteiger partial charge in [-0.25, -0.2) is 0 Å². The van der Waals surface area contributed by atoms with Crippen molar-refractivity contribution in [3.63, 3.8) is 0 Å². The molecule has 0 aliphatic carbocycles. The zero-order valence-electron chi connectivity index (χ0n) is 37.5. The number of guanidine groups is 1. The summed E-state index contributed by atoms with van der Waals surface area (Å²) in [6.07, 6.45) is 1.45. The number of likely N-dealkylation sites (tertiary alicyclic amines) is 1. The molecule has 0 aromatic rings. The zero-order valence-corrected chi connectivity index (χ0v) is 37.5. The van der Waals surface area contributed by atoms with E-state index in [0.29, 0.717) is 32.2 Å². The van der Waals surface area contributed by atoms with E-state index < -0.39 is 108 Å².